The van der Waals surface area contributed by atoms with Gasteiger partial charge < -0.3 is 5.32 Å². The SMILES string of the molecule is O=C(Cc1ccc(F)cc1)NCCS. The molecule has 0 radical (unpaired) electrons. The molecule has 0 unspecified atom stereocenters. The Kier molecular flexibility index (Phi) is 4.46. The Bertz CT molecular complexity index is 299. The van der Waals surface area contributed by atoms with E-state index >= 15 is 0 Å². The molecular formula is C10H12FNOS. The van der Waals surface area contributed by atoms with E-state index < -0.39 is 0 Å². The predicted octanol–water partition coefficient (Wildman–Crippen LogP) is 1.41. The van der Waals surface area contributed by atoms with Crippen LogP contribution in [0.1, 0.15) is 5.56 Å². The zero-order valence-corrected chi connectivity index (χ0v) is 8.56. The summed E-state index contributed by atoms with van der Waals surface area (Å²) in [5.41, 5.74) is 0.808. The van der Waals surface area contributed by atoms with Crippen LogP contribution in [-0.2, 0) is 11.2 Å². The molecule has 76 valence electrons. The summed E-state index contributed by atoms with van der Waals surface area (Å²) >= 11 is 3.97. The molecule has 0 saturated carbocycles. The van der Waals surface area contributed by atoms with Gasteiger partial charge in [-0.15, -0.1) is 0 Å². The summed E-state index contributed by atoms with van der Waals surface area (Å²) in [4.78, 5) is 11.2. The summed E-state index contributed by atoms with van der Waals surface area (Å²) in [7, 11) is 0. The third kappa shape index (κ3) is 3.79. The molecule has 1 aromatic rings. The second kappa shape index (κ2) is 5.65. The number of hydrogen-bond acceptors (Lipinski definition) is 2. The average molecular weight is 213 g/mol. The third-order valence-electron chi connectivity index (χ3n) is 1.71. The highest BCUT2D eigenvalue weighted by molar-refractivity contribution is 7.80. The van der Waals surface area contributed by atoms with Gasteiger partial charge in [-0.3, -0.25) is 4.79 Å². The van der Waals surface area contributed by atoms with Gasteiger partial charge in [-0.2, -0.15) is 12.6 Å². The van der Waals surface area contributed by atoms with Crippen molar-refractivity contribution < 1.29 is 9.18 Å². The van der Waals surface area contributed by atoms with E-state index in [9.17, 15) is 9.18 Å². The highest BCUT2D eigenvalue weighted by Crippen LogP contribution is 2.03. The molecule has 1 aromatic carbocycles. The zero-order valence-electron chi connectivity index (χ0n) is 7.66. The zero-order chi connectivity index (χ0) is 10.4. The van der Waals surface area contributed by atoms with Crippen LogP contribution in [0.25, 0.3) is 0 Å². The Labute approximate surface area is 87.9 Å². The number of thiol groups is 1. The second-order valence-electron chi connectivity index (χ2n) is 2.88. The number of halogens is 1. The minimum Gasteiger partial charge on any atom is -0.355 e. The molecule has 14 heavy (non-hydrogen) atoms. The van der Waals surface area contributed by atoms with Gasteiger partial charge in [0.05, 0.1) is 6.42 Å². The van der Waals surface area contributed by atoms with E-state index in [1.165, 1.54) is 12.1 Å². The molecule has 0 saturated heterocycles. The molecule has 0 fully saturated rings. The lowest BCUT2D eigenvalue weighted by Gasteiger charge is -2.02. The minimum absolute atomic E-state index is 0.0642. The van der Waals surface area contributed by atoms with Crippen molar-refractivity contribution in [3.05, 3.63) is 35.6 Å². The van der Waals surface area contributed by atoms with Crippen LogP contribution in [0.15, 0.2) is 24.3 Å². The Hall–Kier alpha value is -1.03. The van der Waals surface area contributed by atoms with Gasteiger partial charge in [-0.05, 0) is 17.7 Å². The van der Waals surface area contributed by atoms with Crippen LogP contribution in [0.3, 0.4) is 0 Å². The topological polar surface area (TPSA) is 29.1 Å². The number of rotatable bonds is 4. The lowest BCUT2D eigenvalue weighted by atomic mass is 10.1. The highest BCUT2D eigenvalue weighted by atomic mass is 32.1. The molecule has 0 heterocycles. The van der Waals surface area contributed by atoms with Gasteiger partial charge in [-0.25, -0.2) is 4.39 Å². The van der Waals surface area contributed by atoms with Gasteiger partial charge in [-0.1, -0.05) is 12.1 Å². The summed E-state index contributed by atoms with van der Waals surface area (Å²) in [5.74, 6) is 0.269. The molecular weight excluding hydrogens is 201 g/mol. The van der Waals surface area contributed by atoms with Crippen LogP contribution in [0.5, 0.6) is 0 Å². The van der Waals surface area contributed by atoms with Gasteiger partial charge in [0.1, 0.15) is 5.82 Å². The first-order chi connectivity index (χ1) is 6.72. The molecule has 0 bridgehead atoms. The molecule has 0 aliphatic rings. The molecule has 4 heteroatoms. The Balaban J connectivity index is 2.44. The van der Waals surface area contributed by atoms with Crippen molar-refractivity contribution in [1.29, 1.82) is 0 Å². The van der Waals surface area contributed by atoms with Crippen molar-refractivity contribution in [2.75, 3.05) is 12.3 Å². The first kappa shape index (κ1) is 11.0. The highest BCUT2D eigenvalue weighted by Gasteiger charge is 2.01. The molecule has 0 atom stereocenters. The van der Waals surface area contributed by atoms with Crippen molar-refractivity contribution in [1.82, 2.24) is 5.32 Å². The van der Waals surface area contributed by atoms with E-state index in [1.807, 2.05) is 0 Å². The lowest BCUT2D eigenvalue weighted by Crippen LogP contribution is -2.26. The normalized spacial score (nSPS) is 9.86. The van der Waals surface area contributed by atoms with Crippen LogP contribution in [0, 0.1) is 5.82 Å². The van der Waals surface area contributed by atoms with Crippen LogP contribution in [-0.4, -0.2) is 18.2 Å². The Morgan fingerprint density at radius 3 is 2.57 bits per heavy atom. The third-order valence-corrected chi connectivity index (χ3v) is 1.94. The van der Waals surface area contributed by atoms with Crippen LogP contribution in [0.4, 0.5) is 4.39 Å². The molecule has 2 nitrogen and oxygen atoms in total. The number of carbonyl (C=O) groups excluding carboxylic acids is 1. The maximum absolute atomic E-state index is 12.5. The van der Waals surface area contributed by atoms with Crippen molar-refractivity contribution in [2.45, 2.75) is 6.42 Å². The number of hydrogen-bond donors (Lipinski definition) is 2. The van der Waals surface area contributed by atoms with E-state index in [1.54, 1.807) is 12.1 Å². The van der Waals surface area contributed by atoms with E-state index in [-0.39, 0.29) is 18.1 Å². The molecule has 1 N–H and O–H groups in total. The summed E-state index contributed by atoms with van der Waals surface area (Å²) in [5, 5.41) is 2.69. The quantitative estimate of drug-likeness (QED) is 0.728. The summed E-state index contributed by atoms with van der Waals surface area (Å²) in [6, 6.07) is 5.91. The van der Waals surface area contributed by atoms with E-state index in [0.29, 0.717) is 12.3 Å². The minimum atomic E-state index is -0.287. The number of amides is 1. The molecule has 1 rings (SSSR count). The molecule has 0 aliphatic heterocycles. The van der Waals surface area contributed by atoms with E-state index in [4.69, 9.17) is 0 Å². The number of benzene rings is 1. The second-order valence-corrected chi connectivity index (χ2v) is 3.32. The fraction of sp³-hybridized carbons (Fsp3) is 0.300. The van der Waals surface area contributed by atoms with Crippen molar-refractivity contribution in [3.8, 4) is 0 Å². The van der Waals surface area contributed by atoms with Crippen LogP contribution < -0.4 is 5.32 Å². The van der Waals surface area contributed by atoms with Gasteiger partial charge in [0, 0.05) is 12.3 Å². The number of nitrogens with one attached hydrogen (secondary N) is 1. The number of carbonyl (C=O) groups is 1. The fourth-order valence-corrected chi connectivity index (χ4v) is 1.16. The largest absolute Gasteiger partial charge is 0.355 e. The summed E-state index contributed by atoms with van der Waals surface area (Å²) in [6.07, 6.45) is 0.286. The van der Waals surface area contributed by atoms with Crippen molar-refractivity contribution >= 4 is 18.5 Å². The summed E-state index contributed by atoms with van der Waals surface area (Å²) < 4.78 is 12.5. The van der Waals surface area contributed by atoms with Crippen molar-refractivity contribution in [3.63, 3.8) is 0 Å². The predicted molar refractivity (Wildman–Crippen MR) is 57.0 cm³/mol. The lowest BCUT2D eigenvalue weighted by molar-refractivity contribution is -0.120. The van der Waals surface area contributed by atoms with Gasteiger partial charge in [0.2, 0.25) is 5.91 Å². The Morgan fingerprint density at radius 1 is 1.36 bits per heavy atom. The smallest absolute Gasteiger partial charge is 0.224 e. The fourth-order valence-electron chi connectivity index (χ4n) is 1.05. The molecule has 1 amide bonds. The van der Waals surface area contributed by atoms with E-state index in [2.05, 4.69) is 17.9 Å². The Morgan fingerprint density at radius 2 is 2.00 bits per heavy atom. The van der Waals surface area contributed by atoms with Crippen molar-refractivity contribution in [2.24, 2.45) is 0 Å². The summed E-state index contributed by atoms with van der Waals surface area (Å²) in [6.45, 7) is 0.559. The van der Waals surface area contributed by atoms with Gasteiger partial charge >= 0.3 is 0 Å². The molecule has 0 spiro atoms. The van der Waals surface area contributed by atoms with Gasteiger partial charge in [0.15, 0.2) is 0 Å². The van der Waals surface area contributed by atoms with Gasteiger partial charge in [0.25, 0.3) is 0 Å². The molecule has 0 aliphatic carbocycles. The maximum Gasteiger partial charge on any atom is 0.224 e. The first-order valence-electron chi connectivity index (χ1n) is 4.34. The van der Waals surface area contributed by atoms with Crippen LogP contribution in [0.2, 0.25) is 0 Å². The van der Waals surface area contributed by atoms with E-state index in [0.717, 1.165) is 5.56 Å². The van der Waals surface area contributed by atoms with Crippen LogP contribution >= 0.6 is 12.6 Å². The monoisotopic (exact) mass is 213 g/mol. The standard InChI is InChI=1S/C10H12FNOS/c11-9-3-1-8(2-4-9)7-10(13)12-5-6-14/h1-4,14H,5-7H2,(H,12,13). The first-order valence-corrected chi connectivity index (χ1v) is 4.97. The average Bonchev–Trinajstić information content (AvgIpc) is 2.18. The molecule has 0 aromatic heterocycles. The maximum atomic E-state index is 12.5.